The largest absolute Gasteiger partial charge is 0.329 e. The van der Waals surface area contributed by atoms with Crippen LogP contribution in [0.3, 0.4) is 0 Å². The molecule has 4 aromatic rings. The Kier molecular flexibility index (Phi) is 4.44. The van der Waals surface area contributed by atoms with Crippen molar-refractivity contribution in [2.24, 2.45) is 5.73 Å². The molecule has 146 valence electrons. The highest BCUT2D eigenvalue weighted by molar-refractivity contribution is 5.84. The Bertz CT molecular complexity index is 1160. The number of hydrogen-bond acceptors (Lipinski definition) is 4. The quantitative estimate of drug-likeness (QED) is 0.568. The molecule has 29 heavy (non-hydrogen) atoms. The Morgan fingerprint density at radius 2 is 2.07 bits per heavy atom. The molecule has 7 heteroatoms. The van der Waals surface area contributed by atoms with Crippen LogP contribution in [0.25, 0.3) is 33.6 Å². The van der Waals surface area contributed by atoms with Crippen LogP contribution in [0.15, 0.2) is 55.0 Å². The van der Waals surface area contributed by atoms with E-state index >= 15 is 0 Å². The van der Waals surface area contributed by atoms with Crippen molar-refractivity contribution in [1.82, 2.24) is 24.5 Å². The number of halogens is 1. The Morgan fingerprint density at radius 3 is 2.90 bits per heavy atom. The molecule has 6 nitrogen and oxygen atoms in total. The van der Waals surface area contributed by atoms with Crippen molar-refractivity contribution in [2.45, 2.75) is 25.9 Å². The van der Waals surface area contributed by atoms with E-state index in [1.807, 2.05) is 36.5 Å². The second kappa shape index (κ2) is 7.25. The van der Waals surface area contributed by atoms with Gasteiger partial charge < -0.3 is 5.73 Å². The van der Waals surface area contributed by atoms with Gasteiger partial charge in [-0.15, -0.1) is 0 Å². The molecule has 0 spiro atoms. The van der Waals surface area contributed by atoms with E-state index in [-0.39, 0.29) is 5.82 Å². The van der Waals surface area contributed by atoms with E-state index in [2.05, 4.69) is 14.8 Å². The zero-order chi connectivity index (χ0) is 19.8. The van der Waals surface area contributed by atoms with Crippen LogP contribution < -0.4 is 5.73 Å². The molecule has 0 radical (unpaired) electrons. The topological polar surface area (TPSA) is 74.6 Å². The third-order valence-electron chi connectivity index (χ3n) is 5.31. The Morgan fingerprint density at radius 1 is 1.14 bits per heavy atom. The first-order chi connectivity index (χ1) is 14.2. The van der Waals surface area contributed by atoms with Gasteiger partial charge in [0, 0.05) is 47.9 Å². The fourth-order valence-corrected chi connectivity index (χ4v) is 3.98. The van der Waals surface area contributed by atoms with Crippen LogP contribution >= 0.6 is 0 Å². The van der Waals surface area contributed by atoms with Crippen LogP contribution in [0.5, 0.6) is 0 Å². The van der Waals surface area contributed by atoms with Gasteiger partial charge in [-0.05, 0) is 42.7 Å². The first-order valence-electron chi connectivity index (χ1n) is 9.78. The normalized spacial score (nSPS) is 13.0. The number of nitrogens with two attached hydrogens (primary N) is 1. The molecular formula is C22H21FN6. The smallest absolute Gasteiger partial charge is 0.131 e. The van der Waals surface area contributed by atoms with Gasteiger partial charge in [0.15, 0.2) is 0 Å². The first kappa shape index (κ1) is 17.8. The molecule has 1 aliphatic heterocycles. The number of aryl methyl sites for hydroxylation is 1. The molecule has 0 saturated heterocycles. The lowest BCUT2D eigenvalue weighted by molar-refractivity contribution is 0.624. The fraction of sp³-hybridized carbons (Fsp3) is 0.227. The number of nitrogens with zero attached hydrogens (tertiary/aromatic N) is 5. The zero-order valence-electron chi connectivity index (χ0n) is 15.9. The summed E-state index contributed by atoms with van der Waals surface area (Å²) < 4.78 is 18.5. The summed E-state index contributed by atoms with van der Waals surface area (Å²) in [5, 5.41) is 9.10. The standard InChI is InChI=1S/C22H21FN6/c23-18-7-6-15(12-17(18)16-13-26-28(14-16)11-8-24)21-20-5-3-10-29(20)27-22(21)19-4-1-2-9-25-19/h1-2,4,6-7,9,12-14H,3,5,8,10-11,24H2. The summed E-state index contributed by atoms with van der Waals surface area (Å²) in [6.07, 6.45) is 7.30. The number of hydrogen-bond donors (Lipinski definition) is 1. The van der Waals surface area contributed by atoms with Gasteiger partial charge in [0.2, 0.25) is 0 Å². The first-order valence-corrected chi connectivity index (χ1v) is 9.78. The summed E-state index contributed by atoms with van der Waals surface area (Å²) in [6.45, 7) is 1.98. The second-order valence-corrected chi connectivity index (χ2v) is 7.19. The molecule has 0 aliphatic carbocycles. The van der Waals surface area contributed by atoms with Crippen LogP contribution in [0.2, 0.25) is 0 Å². The van der Waals surface area contributed by atoms with Crippen molar-refractivity contribution >= 4 is 0 Å². The van der Waals surface area contributed by atoms with E-state index in [0.29, 0.717) is 18.7 Å². The highest BCUT2D eigenvalue weighted by Crippen LogP contribution is 2.38. The molecule has 0 fully saturated rings. The number of fused-ring (bicyclic) bond motifs is 1. The van der Waals surface area contributed by atoms with E-state index in [0.717, 1.165) is 47.5 Å². The average Bonchev–Trinajstić information content (AvgIpc) is 3.45. The summed E-state index contributed by atoms with van der Waals surface area (Å²) in [4.78, 5) is 4.49. The second-order valence-electron chi connectivity index (χ2n) is 7.19. The summed E-state index contributed by atoms with van der Waals surface area (Å²) in [7, 11) is 0. The van der Waals surface area contributed by atoms with E-state index in [4.69, 9.17) is 10.8 Å². The van der Waals surface area contributed by atoms with Gasteiger partial charge in [-0.1, -0.05) is 12.1 Å². The lowest BCUT2D eigenvalue weighted by Crippen LogP contribution is -2.09. The van der Waals surface area contributed by atoms with Gasteiger partial charge >= 0.3 is 0 Å². The highest BCUT2D eigenvalue weighted by atomic mass is 19.1. The van der Waals surface area contributed by atoms with Gasteiger partial charge in [-0.25, -0.2) is 4.39 Å². The molecule has 3 aromatic heterocycles. The molecule has 0 amide bonds. The molecular weight excluding hydrogens is 367 g/mol. The molecule has 0 bridgehead atoms. The molecule has 5 rings (SSSR count). The minimum absolute atomic E-state index is 0.274. The highest BCUT2D eigenvalue weighted by Gasteiger charge is 2.25. The molecule has 1 aromatic carbocycles. The maximum absolute atomic E-state index is 14.7. The van der Waals surface area contributed by atoms with Crippen LogP contribution in [0.4, 0.5) is 4.39 Å². The van der Waals surface area contributed by atoms with Crippen LogP contribution in [-0.2, 0) is 19.5 Å². The van der Waals surface area contributed by atoms with Crippen molar-refractivity contribution in [2.75, 3.05) is 6.54 Å². The maximum atomic E-state index is 14.7. The van der Waals surface area contributed by atoms with E-state index in [1.165, 1.54) is 11.8 Å². The molecule has 0 atom stereocenters. The third kappa shape index (κ3) is 3.13. The van der Waals surface area contributed by atoms with Crippen LogP contribution in [-0.4, -0.2) is 31.1 Å². The maximum Gasteiger partial charge on any atom is 0.131 e. The minimum atomic E-state index is -0.274. The van der Waals surface area contributed by atoms with Gasteiger partial charge in [0.1, 0.15) is 11.5 Å². The zero-order valence-corrected chi connectivity index (χ0v) is 15.9. The molecule has 1 aliphatic rings. The monoisotopic (exact) mass is 388 g/mol. The predicted molar refractivity (Wildman–Crippen MR) is 109 cm³/mol. The summed E-state index contributed by atoms with van der Waals surface area (Å²) >= 11 is 0. The lowest BCUT2D eigenvalue weighted by atomic mass is 9.96. The number of rotatable bonds is 5. The fourth-order valence-electron chi connectivity index (χ4n) is 3.98. The van der Waals surface area contributed by atoms with Crippen molar-refractivity contribution in [3.8, 4) is 33.6 Å². The van der Waals surface area contributed by atoms with E-state index < -0.39 is 0 Å². The number of benzene rings is 1. The third-order valence-corrected chi connectivity index (χ3v) is 5.31. The van der Waals surface area contributed by atoms with Gasteiger partial charge in [-0.2, -0.15) is 10.2 Å². The number of aromatic nitrogens is 5. The predicted octanol–water partition coefficient (Wildman–Crippen LogP) is 3.52. The van der Waals surface area contributed by atoms with Gasteiger partial charge in [0.05, 0.1) is 18.4 Å². The van der Waals surface area contributed by atoms with Crippen LogP contribution in [0, 0.1) is 5.82 Å². The minimum Gasteiger partial charge on any atom is -0.329 e. The van der Waals surface area contributed by atoms with Gasteiger partial charge in [0.25, 0.3) is 0 Å². The summed E-state index contributed by atoms with van der Waals surface area (Å²) in [6, 6.07) is 11.0. The van der Waals surface area contributed by atoms with Crippen LogP contribution in [0.1, 0.15) is 12.1 Å². The Labute approximate surface area is 167 Å². The Hall–Kier alpha value is -3.32. The molecule has 2 N–H and O–H groups in total. The molecule has 0 saturated carbocycles. The summed E-state index contributed by atoms with van der Waals surface area (Å²) in [5.74, 6) is -0.274. The summed E-state index contributed by atoms with van der Waals surface area (Å²) in [5.41, 5.74) is 11.7. The Balaban J connectivity index is 1.65. The van der Waals surface area contributed by atoms with Crippen molar-refractivity contribution < 1.29 is 4.39 Å². The van der Waals surface area contributed by atoms with E-state index in [1.54, 1.807) is 17.1 Å². The SMILES string of the molecule is NCCn1cc(-c2cc(-c3c(-c4ccccn4)nn4c3CCC4)ccc2F)cn1. The van der Waals surface area contributed by atoms with Gasteiger partial charge in [-0.3, -0.25) is 14.3 Å². The van der Waals surface area contributed by atoms with Crippen molar-refractivity contribution in [1.29, 1.82) is 0 Å². The van der Waals surface area contributed by atoms with Crippen molar-refractivity contribution in [3.63, 3.8) is 0 Å². The molecule has 4 heterocycles. The lowest BCUT2D eigenvalue weighted by Gasteiger charge is -2.08. The van der Waals surface area contributed by atoms with E-state index in [9.17, 15) is 4.39 Å². The number of pyridine rings is 1. The molecule has 0 unspecified atom stereocenters. The van der Waals surface area contributed by atoms with Crippen molar-refractivity contribution in [3.05, 3.63) is 66.5 Å². The average molecular weight is 388 g/mol.